The maximum atomic E-state index is 12.7. The highest BCUT2D eigenvalue weighted by Crippen LogP contribution is 2.36. The van der Waals surface area contributed by atoms with Gasteiger partial charge in [-0.05, 0) is 53.4 Å². The molecule has 0 saturated carbocycles. The number of fused-ring (bicyclic) bond motifs is 1. The molecule has 0 saturated heterocycles. The third kappa shape index (κ3) is 3.74. The highest BCUT2D eigenvalue weighted by atomic mass is 19.4. The normalized spacial score (nSPS) is 17.4. The molecule has 0 aliphatic carbocycles. The number of alkyl halides is 3. The maximum Gasteiger partial charge on any atom is 0.416 e. The molecular weight excluding hydrogens is 323 g/mol. The summed E-state index contributed by atoms with van der Waals surface area (Å²) in [5.74, 6) is 0. The van der Waals surface area contributed by atoms with Crippen LogP contribution in [0.4, 0.5) is 13.2 Å². The van der Waals surface area contributed by atoms with E-state index in [9.17, 15) is 13.2 Å². The Balaban J connectivity index is 1.94. The van der Waals surface area contributed by atoms with Crippen LogP contribution in [-0.2, 0) is 18.1 Å². The molecule has 1 nitrogen and oxygen atoms in total. The zero-order valence-corrected chi connectivity index (χ0v) is 15.0. The summed E-state index contributed by atoms with van der Waals surface area (Å²) in [5.41, 5.74) is 3.89. The van der Waals surface area contributed by atoms with E-state index >= 15 is 0 Å². The van der Waals surface area contributed by atoms with Gasteiger partial charge < -0.3 is 0 Å². The molecule has 0 atom stereocenters. The topological polar surface area (TPSA) is 3.24 Å². The molecule has 2 aromatic carbocycles. The van der Waals surface area contributed by atoms with Crippen molar-refractivity contribution in [3.63, 3.8) is 0 Å². The lowest BCUT2D eigenvalue weighted by Crippen LogP contribution is -2.42. The Labute approximate surface area is 147 Å². The number of nitrogens with zero attached hydrogens (tertiary/aromatic N) is 1. The number of halogens is 3. The summed E-state index contributed by atoms with van der Waals surface area (Å²) < 4.78 is 38.2. The molecule has 0 fully saturated rings. The second-order valence-corrected chi connectivity index (χ2v) is 7.54. The zero-order chi connectivity index (χ0) is 18.2. The van der Waals surface area contributed by atoms with Gasteiger partial charge in [0.1, 0.15) is 0 Å². The fraction of sp³-hybridized carbons (Fsp3) is 0.429. The van der Waals surface area contributed by atoms with Crippen LogP contribution in [0.1, 0.15) is 43.9 Å². The van der Waals surface area contributed by atoms with Gasteiger partial charge in [0.2, 0.25) is 0 Å². The Morgan fingerprint density at radius 3 is 2.24 bits per heavy atom. The van der Waals surface area contributed by atoms with E-state index in [4.69, 9.17) is 0 Å². The van der Waals surface area contributed by atoms with E-state index in [1.165, 1.54) is 11.1 Å². The van der Waals surface area contributed by atoms with Crippen LogP contribution in [0.2, 0.25) is 0 Å². The van der Waals surface area contributed by atoms with E-state index in [0.717, 1.165) is 49.3 Å². The van der Waals surface area contributed by atoms with Gasteiger partial charge in [0.25, 0.3) is 0 Å². The summed E-state index contributed by atoms with van der Waals surface area (Å²) in [6.07, 6.45) is -3.18. The monoisotopic (exact) mass is 347 g/mol. The number of hydrogen-bond donors (Lipinski definition) is 0. The molecule has 0 spiro atoms. The van der Waals surface area contributed by atoms with Gasteiger partial charge in [-0.1, -0.05) is 45.0 Å². The first-order chi connectivity index (χ1) is 11.7. The molecule has 3 rings (SSSR count). The van der Waals surface area contributed by atoms with E-state index in [2.05, 4.69) is 37.8 Å². The van der Waals surface area contributed by atoms with Gasteiger partial charge in [0.05, 0.1) is 5.56 Å². The standard InChI is InChI=1S/C21H24F3N/c1-4-11-25-13-17-12-16(7-10-19(17)20(2,3)14-25)15-5-8-18(9-6-15)21(22,23)24/h5-10,12H,4,11,13-14H2,1-3H3. The minimum atomic E-state index is -4.29. The molecule has 0 N–H and O–H groups in total. The van der Waals surface area contributed by atoms with E-state index in [1.807, 2.05) is 6.07 Å². The Kier molecular flexibility index (Phi) is 4.67. The molecule has 0 aromatic heterocycles. The Hall–Kier alpha value is -1.81. The van der Waals surface area contributed by atoms with Gasteiger partial charge in [-0.15, -0.1) is 0 Å². The number of hydrogen-bond acceptors (Lipinski definition) is 1. The lowest BCUT2D eigenvalue weighted by atomic mass is 9.77. The van der Waals surface area contributed by atoms with Crippen LogP contribution in [0.15, 0.2) is 42.5 Å². The molecule has 0 bridgehead atoms. The van der Waals surface area contributed by atoms with Gasteiger partial charge >= 0.3 is 6.18 Å². The summed E-state index contributed by atoms with van der Waals surface area (Å²) in [6.45, 7) is 9.69. The molecule has 4 heteroatoms. The van der Waals surface area contributed by atoms with Crippen molar-refractivity contribution in [2.24, 2.45) is 0 Å². The van der Waals surface area contributed by atoms with Crippen molar-refractivity contribution in [1.82, 2.24) is 4.90 Å². The van der Waals surface area contributed by atoms with Crippen molar-refractivity contribution in [1.29, 1.82) is 0 Å². The SMILES string of the molecule is CCCN1Cc2cc(-c3ccc(C(F)(F)F)cc3)ccc2C(C)(C)C1. The molecule has 25 heavy (non-hydrogen) atoms. The first kappa shape index (κ1) is 18.0. The molecule has 0 unspecified atom stereocenters. The maximum absolute atomic E-state index is 12.7. The minimum absolute atomic E-state index is 0.0847. The third-order valence-corrected chi connectivity index (χ3v) is 4.93. The van der Waals surface area contributed by atoms with Gasteiger partial charge in [-0.2, -0.15) is 13.2 Å². The van der Waals surface area contributed by atoms with E-state index in [-0.39, 0.29) is 5.41 Å². The lowest BCUT2D eigenvalue weighted by molar-refractivity contribution is -0.137. The van der Waals surface area contributed by atoms with Crippen LogP contribution in [0.5, 0.6) is 0 Å². The number of rotatable bonds is 3. The Bertz CT molecular complexity index is 745. The van der Waals surface area contributed by atoms with Crippen LogP contribution in [0.3, 0.4) is 0 Å². The summed E-state index contributed by atoms with van der Waals surface area (Å²) >= 11 is 0. The number of benzene rings is 2. The quantitative estimate of drug-likeness (QED) is 0.670. The molecule has 1 aliphatic rings. The van der Waals surface area contributed by atoms with Gasteiger partial charge in [-0.25, -0.2) is 0 Å². The van der Waals surface area contributed by atoms with Crippen LogP contribution in [-0.4, -0.2) is 18.0 Å². The van der Waals surface area contributed by atoms with Crippen LogP contribution in [0.25, 0.3) is 11.1 Å². The van der Waals surface area contributed by atoms with Crippen LogP contribution in [0, 0.1) is 0 Å². The molecule has 0 radical (unpaired) electrons. The predicted octanol–water partition coefficient (Wildman–Crippen LogP) is 5.88. The second kappa shape index (κ2) is 6.49. The van der Waals surface area contributed by atoms with E-state index < -0.39 is 11.7 Å². The van der Waals surface area contributed by atoms with Crippen molar-refractivity contribution in [3.05, 3.63) is 59.2 Å². The zero-order valence-electron chi connectivity index (χ0n) is 15.0. The fourth-order valence-electron chi connectivity index (χ4n) is 3.83. The van der Waals surface area contributed by atoms with E-state index in [0.29, 0.717) is 0 Å². The van der Waals surface area contributed by atoms with Crippen LogP contribution >= 0.6 is 0 Å². The predicted molar refractivity (Wildman–Crippen MR) is 95.5 cm³/mol. The molecule has 2 aromatic rings. The Morgan fingerprint density at radius 1 is 1.00 bits per heavy atom. The average Bonchev–Trinajstić information content (AvgIpc) is 2.53. The highest BCUT2D eigenvalue weighted by molar-refractivity contribution is 5.66. The van der Waals surface area contributed by atoms with Gasteiger partial charge in [0, 0.05) is 18.5 Å². The van der Waals surface area contributed by atoms with Crippen molar-refractivity contribution in [3.8, 4) is 11.1 Å². The molecule has 1 aliphatic heterocycles. The average molecular weight is 347 g/mol. The van der Waals surface area contributed by atoms with Gasteiger partial charge in [-0.3, -0.25) is 4.90 Å². The first-order valence-corrected chi connectivity index (χ1v) is 8.74. The second-order valence-electron chi connectivity index (χ2n) is 7.54. The summed E-state index contributed by atoms with van der Waals surface area (Å²) in [4.78, 5) is 2.46. The van der Waals surface area contributed by atoms with Crippen LogP contribution < -0.4 is 0 Å². The third-order valence-electron chi connectivity index (χ3n) is 4.93. The van der Waals surface area contributed by atoms with Gasteiger partial charge in [0.15, 0.2) is 0 Å². The minimum Gasteiger partial charge on any atom is -0.298 e. The lowest BCUT2D eigenvalue weighted by Gasteiger charge is -2.40. The largest absolute Gasteiger partial charge is 0.416 e. The molecule has 1 heterocycles. The smallest absolute Gasteiger partial charge is 0.298 e. The molecule has 0 amide bonds. The highest BCUT2D eigenvalue weighted by Gasteiger charge is 2.32. The fourth-order valence-corrected chi connectivity index (χ4v) is 3.83. The summed E-state index contributed by atoms with van der Waals surface area (Å²) in [5, 5.41) is 0. The van der Waals surface area contributed by atoms with E-state index in [1.54, 1.807) is 12.1 Å². The van der Waals surface area contributed by atoms with Crippen molar-refractivity contribution in [2.75, 3.05) is 13.1 Å². The summed E-state index contributed by atoms with van der Waals surface area (Å²) in [6, 6.07) is 11.7. The first-order valence-electron chi connectivity index (χ1n) is 8.74. The van der Waals surface area contributed by atoms with Crippen molar-refractivity contribution in [2.45, 2.75) is 45.3 Å². The van der Waals surface area contributed by atoms with Crippen molar-refractivity contribution < 1.29 is 13.2 Å². The Morgan fingerprint density at radius 2 is 1.64 bits per heavy atom. The summed E-state index contributed by atoms with van der Waals surface area (Å²) in [7, 11) is 0. The molecule has 134 valence electrons. The van der Waals surface area contributed by atoms with Crippen molar-refractivity contribution >= 4 is 0 Å². The molecular formula is C21H24F3N.